The van der Waals surface area contributed by atoms with Crippen LogP contribution in [0.2, 0.25) is 0 Å². The predicted molar refractivity (Wildman–Crippen MR) is 100.0 cm³/mol. The Morgan fingerprint density at radius 1 is 1.11 bits per heavy atom. The average molecular weight is 362 g/mol. The summed E-state index contributed by atoms with van der Waals surface area (Å²) in [7, 11) is 1.66. The minimum atomic E-state index is -0.384. The Labute approximate surface area is 153 Å². The molecule has 7 heteroatoms. The van der Waals surface area contributed by atoms with E-state index in [-0.39, 0.29) is 23.6 Å². The monoisotopic (exact) mass is 362 g/mol. The van der Waals surface area contributed by atoms with Crippen molar-refractivity contribution in [2.24, 2.45) is 7.05 Å². The number of amides is 1. The number of anilines is 1. The normalized spacial score (nSPS) is 10.9. The number of hydrogen-bond donors (Lipinski definition) is 2. The first-order chi connectivity index (χ1) is 13.0. The molecule has 134 valence electrons. The molecule has 2 N–H and O–H groups in total. The maximum atomic E-state index is 13.2. The summed E-state index contributed by atoms with van der Waals surface area (Å²) in [6.07, 6.45) is 1.39. The number of carbonyl (C=O) groups is 1. The number of pyridine rings is 1. The van der Waals surface area contributed by atoms with Gasteiger partial charge in [-0.2, -0.15) is 4.98 Å². The first-order valence-electron chi connectivity index (χ1n) is 8.20. The lowest BCUT2D eigenvalue weighted by Crippen LogP contribution is -2.15. The van der Waals surface area contributed by atoms with E-state index >= 15 is 0 Å². The number of para-hydroxylation sites is 1. The second-order valence-electron chi connectivity index (χ2n) is 6.07. The Morgan fingerprint density at radius 2 is 1.85 bits per heavy atom. The van der Waals surface area contributed by atoms with Crippen molar-refractivity contribution < 1.29 is 14.3 Å². The molecule has 0 atom stereocenters. The van der Waals surface area contributed by atoms with E-state index in [4.69, 9.17) is 0 Å². The third-order valence-electron chi connectivity index (χ3n) is 4.19. The van der Waals surface area contributed by atoms with Gasteiger partial charge in [0.05, 0.1) is 23.0 Å². The van der Waals surface area contributed by atoms with Crippen molar-refractivity contribution in [1.82, 2.24) is 14.5 Å². The average Bonchev–Trinajstić information content (AvgIpc) is 2.98. The molecule has 0 saturated carbocycles. The summed E-state index contributed by atoms with van der Waals surface area (Å²) < 4.78 is 14.7. The first-order valence-corrected chi connectivity index (χ1v) is 8.20. The molecule has 0 spiro atoms. The molecule has 0 aliphatic rings. The van der Waals surface area contributed by atoms with Crippen LogP contribution in [0.1, 0.15) is 10.4 Å². The van der Waals surface area contributed by atoms with Crippen molar-refractivity contribution in [1.29, 1.82) is 0 Å². The fraction of sp³-hybridized carbons (Fsp3) is 0.0500. The summed E-state index contributed by atoms with van der Waals surface area (Å²) in [5, 5.41) is 12.9. The molecular weight excluding hydrogens is 347 g/mol. The molecule has 1 amide bonds. The van der Waals surface area contributed by atoms with Crippen LogP contribution in [0, 0.1) is 5.82 Å². The molecule has 6 nitrogen and oxygen atoms in total. The fourth-order valence-corrected chi connectivity index (χ4v) is 2.87. The van der Waals surface area contributed by atoms with E-state index in [1.807, 2.05) is 24.3 Å². The van der Waals surface area contributed by atoms with Gasteiger partial charge in [-0.1, -0.05) is 18.2 Å². The third-order valence-corrected chi connectivity index (χ3v) is 4.19. The van der Waals surface area contributed by atoms with Crippen molar-refractivity contribution in [2.75, 3.05) is 5.32 Å². The maximum absolute atomic E-state index is 13.2. The van der Waals surface area contributed by atoms with Crippen molar-refractivity contribution in [3.63, 3.8) is 0 Å². The number of imidazole rings is 1. The molecule has 4 aromatic rings. The number of nitrogens with zero attached hydrogens (tertiary/aromatic N) is 3. The van der Waals surface area contributed by atoms with Crippen LogP contribution in [-0.4, -0.2) is 25.5 Å². The first kappa shape index (κ1) is 16.7. The van der Waals surface area contributed by atoms with Crippen LogP contribution in [0.15, 0.2) is 60.8 Å². The zero-order valence-electron chi connectivity index (χ0n) is 14.3. The van der Waals surface area contributed by atoms with Gasteiger partial charge in [0.2, 0.25) is 11.8 Å². The largest absolute Gasteiger partial charge is 0.492 e. The molecule has 0 unspecified atom stereocenters. The van der Waals surface area contributed by atoms with Crippen molar-refractivity contribution in [2.45, 2.75) is 0 Å². The number of fused-ring (bicyclic) bond motifs is 1. The summed E-state index contributed by atoms with van der Waals surface area (Å²) in [6, 6.07) is 14.9. The van der Waals surface area contributed by atoms with E-state index in [9.17, 15) is 14.3 Å². The number of nitrogens with one attached hydrogen (secondary N) is 1. The van der Waals surface area contributed by atoms with Gasteiger partial charge in [0.25, 0.3) is 5.91 Å². The molecule has 2 aromatic carbocycles. The zero-order valence-corrected chi connectivity index (χ0v) is 14.3. The minimum Gasteiger partial charge on any atom is -0.492 e. The highest BCUT2D eigenvalue weighted by Crippen LogP contribution is 2.26. The second-order valence-corrected chi connectivity index (χ2v) is 6.07. The molecule has 4 rings (SSSR count). The van der Waals surface area contributed by atoms with Crippen molar-refractivity contribution >= 4 is 22.8 Å². The van der Waals surface area contributed by atoms with Gasteiger partial charge in [-0.15, -0.1) is 0 Å². The molecule has 27 heavy (non-hydrogen) atoms. The van der Waals surface area contributed by atoms with Crippen LogP contribution in [-0.2, 0) is 7.05 Å². The van der Waals surface area contributed by atoms with E-state index in [0.717, 1.165) is 0 Å². The lowest BCUT2D eigenvalue weighted by Gasteiger charge is -2.10. The van der Waals surface area contributed by atoms with Crippen molar-refractivity contribution in [3.05, 3.63) is 72.2 Å². The number of benzene rings is 2. The predicted octanol–water partition coefficient (Wildman–Crippen LogP) is 3.73. The summed E-state index contributed by atoms with van der Waals surface area (Å²) in [6.45, 7) is 0. The number of hydrogen-bond acceptors (Lipinski definition) is 4. The maximum Gasteiger partial charge on any atom is 0.258 e. The summed E-state index contributed by atoms with van der Waals surface area (Å²) >= 11 is 0. The number of aryl methyl sites for hydroxylation is 1. The van der Waals surface area contributed by atoms with Gasteiger partial charge in [-0.3, -0.25) is 10.1 Å². The smallest absolute Gasteiger partial charge is 0.258 e. The summed E-state index contributed by atoms with van der Waals surface area (Å²) in [4.78, 5) is 21.4. The van der Waals surface area contributed by atoms with Crippen LogP contribution >= 0.6 is 0 Å². The van der Waals surface area contributed by atoms with Gasteiger partial charge >= 0.3 is 0 Å². The third kappa shape index (κ3) is 3.22. The van der Waals surface area contributed by atoms with Gasteiger partial charge < -0.3 is 9.67 Å². The van der Waals surface area contributed by atoms with Crippen LogP contribution in [0.3, 0.4) is 0 Å². The number of carbonyl (C=O) groups excluding carboxylic acids is 1. The van der Waals surface area contributed by atoms with E-state index in [0.29, 0.717) is 27.7 Å². The van der Waals surface area contributed by atoms with E-state index in [1.165, 1.54) is 22.9 Å². The highest BCUT2D eigenvalue weighted by atomic mass is 19.1. The molecule has 0 fully saturated rings. The van der Waals surface area contributed by atoms with Crippen LogP contribution < -0.4 is 5.32 Å². The quantitative estimate of drug-likeness (QED) is 0.582. The van der Waals surface area contributed by atoms with Crippen LogP contribution in [0.4, 0.5) is 10.3 Å². The SMILES string of the molecule is Cn1cc(O)nc1NC(=O)c1cc(-c2ccc(F)cc2)nc2ccccc12. The molecule has 2 heterocycles. The summed E-state index contributed by atoms with van der Waals surface area (Å²) in [5.41, 5.74) is 2.31. The zero-order chi connectivity index (χ0) is 19.0. The molecule has 0 bridgehead atoms. The number of aromatic hydroxyl groups is 1. The Bertz CT molecular complexity index is 1150. The number of aromatic nitrogens is 3. The number of rotatable bonds is 3. The van der Waals surface area contributed by atoms with E-state index in [2.05, 4.69) is 15.3 Å². The summed E-state index contributed by atoms with van der Waals surface area (Å²) in [5.74, 6) is -0.682. The van der Waals surface area contributed by atoms with Crippen molar-refractivity contribution in [3.8, 4) is 17.1 Å². The molecular formula is C20H15FN4O2. The van der Waals surface area contributed by atoms with Gasteiger partial charge in [0.15, 0.2) is 0 Å². The topological polar surface area (TPSA) is 80.0 Å². The Morgan fingerprint density at radius 3 is 2.56 bits per heavy atom. The standard InChI is InChI=1S/C20H15FN4O2/c1-25-11-18(26)23-20(25)24-19(27)15-10-17(12-6-8-13(21)9-7-12)22-16-5-3-2-4-14(15)16/h2-11,26H,1H3,(H,23,24,27). The lowest BCUT2D eigenvalue weighted by molar-refractivity contribution is 0.102. The molecule has 0 saturated heterocycles. The highest BCUT2D eigenvalue weighted by molar-refractivity contribution is 6.12. The van der Waals surface area contributed by atoms with Gasteiger partial charge in [-0.05, 0) is 36.4 Å². The van der Waals surface area contributed by atoms with E-state index in [1.54, 1.807) is 25.2 Å². The number of halogens is 1. The fourth-order valence-electron chi connectivity index (χ4n) is 2.87. The Kier molecular flexibility index (Phi) is 4.04. The highest BCUT2D eigenvalue weighted by Gasteiger charge is 2.16. The van der Waals surface area contributed by atoms with Gasteiger partial charge in [0, 0.05) is 18.0 Å². The Hall–Kier alpha value is -3.74. The van der Waals surface area contributed by atoms with E-state index < -0.39 is 0 Å². The Balaban J connectivity index is 1.81. The minimum absolute atomic E-state index is 0.181. The molecule has 2 aromatic heterocycles. The lowest BCUT2D eigenvalue weighted by atomic mass is 10.0. The van der Waals surface area contributed by atoms with Crippen LogP contribution in [0.5, 0.6) is 5.88 Å². The molecule has 0 aliphatic carbocycles. The molecule has 0 radical (unpaired) electrons. The van der Waals surface area contributed by atoms with Crippen LogP contribution in [0.25, 0.3) is 22.2 Å². The van der Waals surface area contributed by atoms with Gasteiger partial charge in [-0.25, -0.2) is 9.37 Å². The van der Waals surface area contributed by atoms with Gasteiger partial charge in [0.1, 0.15) is 5.82 Å². The second kappa shape index (κ2) is 6.53. The molecule has 0 aliphatic heterocycles.